The molecule has 3 N–H and O–H groups in total. The number of aromatic amines is 3. The van der Waals surface area contributed by atoms with Gasteiger partial charge >= 0.3 is 0 Å². The van der Waals surface area contributed by atoms with E-state index >= 15 is 0 Å². The molecule has 6 heterocycles. The molecule has 0 aliphatic carbocycles. The van der Waals surface area contributed by atoms with Crippen molar-refractivity contribution < 1.29 is 0 Å². The van der Waals surface area contributed by atoms with Gasteiger partial charge in [-0.2, -0.15) is 0 Å². The molecule has 10 aromatic rings. The quantitative estimate of drug-likeness (QED) is 0.159. The van der Waals surface area contributed by atoms with Crippen molar-refractivity contribution in [1.82, 2.24) is 44.9 Å². The van der Waals surface area contributed by atoms with Crippen molar-refractivity contribution in [3.8, 4) is 67.9 Å². The maximum absolute atomic E-state index is 5.12. The summed E-state index contributed by atoms with van der Waals surface area (Å²) in [4.78, 5) is 40.9. The molecule has 6 aromatic heterocycles. The number of nitrogens with one attached hydrogen (secondary N) is 3. The van der Waals surface area contributed by atoms with Crippen LogP contribution in [0.2, 0.25) is 0 Å². The van der Waals surface area contributed by atoms with Gasteiger partial charge in [-0.05, 0) is 73.9 Å². The third-order valence-corrected chi connectivity index (χ3v) is 10.1. The van der Waals surface area contributed by atoms with Gasteiger partial charge in [-0.15, -0.1) is 0 Å². The molecule has 9 heteroatoms. The van der Waals surface area contributed by atoms with Gasteiger partial charge in [0.25, 0.3) is 0 Å². The minimum Gasteiger partial charge on any atom is -0.337 e. The molecule has 0 aliphatic heterocycles. The lowest BCUT2D eigenvalue weighted by atomic mass is 9.99. The van der Waals surface area contributed by atoms with Crippen molar-refractivity contribution in [2.24, 2.45) is 0 Å². The Bertz CT molecular complexity index is 2910. The number of aromatic nitrogens is 9. The van der Waals surface area contributed by atoms with Crippen LogP contribution in [0.5, 0.6) is 0 Å². The molecule has 0 saturated carbocycles. The first-order valence-corrected chi connectivity index (χ1v) is 17.9. The molecule has 0 radical (unpaired) electrons. The first kappa shape index (κ1) is 31.5. The summed E-state index contributed by atoms with van der Waals surface area (Å²) in [6.45, 7) is 6.29. The Kier molecular flexibility index (Phi) is 7.26. The second-order valence-corrected chi connectivity index (χ2v) is 13.6. The standard InChI is InChI=1S/C45H33N9/c1-25-11-4-7-14-28(25)33-19-22-36-42(46-33)52-40(49-36)31-17-10-18-32(41-50-37-23-20-34(47-43(37)53-41)29-15-8-5-12-26(29)2)39(31)45-51-38-24-21-35(48-44(38)54-45)30-16-9-6-13-27(30)3/h4-24H,1-3H3,(H,46,49,52)(H,47,50,53)(H,48,51,54). The molecule has 0 amide bonds. The Balaban J connectivity index is 1.15. The van der Waals surface area contributed by atoms with Gasteiger partial charge in [-0.1, -0.05) is 91.0 Å². The second kappa shape index (κ2) is 12.5. The fourth-order valence-electron chi connectivity index (χ4n) is 7.28. The number of benzene rings is 4. The van der Waals surface area contributed by atoms with E-state index < -0.39 is 0 Å². The van der Waals surface area contributed by atoms with Crippen molar-refractivity contribution in [2.75, 3.05) is 0 Å². The van der Waals surface area contributed by atoms with Crippen LogP contribution in [0.25, 0.3) is 101 Å². The van der Waals surface area contributed by atoms with Crippen LogP contribution in [-0.2, 0) is 0 Å². The van der Waals surface area contributed by atoms with Gasteiger partial charge in [-0.3, -0.25) is 0 Å². The van der Waals surface area contributed by atoms with Gasteiger partial charge in [0.15, 0.2) is 16.9 Å². The van der Waals surface area contributed by atoms with Crippen LogP contribution in [-0.4, -0.2) is 44.9 Å². The summed E-state index contributed by atoms with van der Waals surface area (Å²) in [5.41, 5.74) is 16.2. The smallest absolute Gasteiger partial charge is 0.178 e. The minimum atomic E-state index is 0.620. The van der Waals surface area contributed by atoms with Crippen LogP contribution in [0.15, 0.2) is 127 Å². The Hall–Kier alpha value is -7.26. The largest absolute Gasteiger partial charge is 0.337 e. The Morgan fingerprint density at radius 3 is 1.04 bits per heavy atom. The van der Waals surface area contributed by atoms with Gasteiger partial charge in [-0.25, -0.2) is 29.9 Å². The molecular formula is C45H33N9. The average molecular weight is 700 g/mol. The summed E-state index contributed by atoms with van der Waals surface area (Å²) < 4.78 is 0. The number of aryl methyl sites for hydroxylation is 3. The zero-order chi connectivity index (χ0) is 36.3. The number of pyridine rings is 3. The second-order valence-electron chi connectivity index (χ2n) is 13.6. The third-order valence-electron chi connectivity index (χ3n) is 10.1. The monoisotopic (exact) mass is 699 g/mol. The van der Waals surface area contributed by atoms with E-state index in [1.165, 1.54) is 0 Å². The van der Waals surface area contributed by atoms with Crippen molar-refractivity contribution in [3.05, 3.63) is 144 Å². The predicted molar refractivity (Wildman–Crippen MR) is 216 cm³/mol. The summed E-state index contributed by atoms with van der Waals surface area (Å²) in [6.07, 6.45) is 0. The molecule has 0 unspecified atom stereocenters. The van der Waals surface area contributed by atoms with Crippen molar-refractivity contribution in [2.45, 2.75) is 20.8 Å². The van der Waals surface area contributed by atoms with Crippen LogP contribution in [0.3, 0.4) is 0 Å². The van der Waals surface area contributed by atoms with Gasteiger partial charge in [0.1, 0.15) is 17.5 Å². The Labute approximate surface area is 310 Å². The molecule has 0 aliphatic rings. The van der Waals surface area contributed by atoms with E-state index in [4.69, 9.17) is 29.9 Å². The number of fused-ring (bicyclic) bond motifs is 3. The lowest BCUT2D eigenvalue weighted by Crippen LogP contribution is -1.94. The maximum Gasteiger partial charge on any atom is 0.178 e. The summed E-state index contributed by atoms with van der Waals surface area (Å²) in [5.74, 6) is 1.98. The van der Waals surface area contributed by atoms with E-state index in [9.17, 15) is 0 Å². The maximum atomic E-state index is 5.12. The van der Waals surface area contributed by atoms with Crippen molar-refractivity contribution >= 4 is 33.5 Å². The molecular weight excluding hydrogens is 667 g/mol. The fraction of sp³-hybridized carbons (Fsp3) is 0.0667. The molecule has 0 spiro atoms. The van der Waals surface area contributed by atoms with Gasteiger partial charge < -0.3 is 15.0 Å². The summed E-state index contributed by atoms with van der Waals surface area (Å²) in [7, 11) is 0. The van der Waals surface area contributed by atoms with E-state index in [0.29, 0.717) is 34.4 Å². The molecule has 258 valence electrons. The minimum absolute atomic E-state index is 0.620. The van der Waals surface area contributed by atoms with E-state index in [1.54, 1.807) is 0 Å². The topological polar surface area (TPSA) is 125 Å². The summed E-state index contributed by atoms with van der Waals surface area (Å²) >= 11 is 0. The van der Waals surface area contributed by atoms with Crippen LogP contribution < -0.4 is 0 Å². The van der Waals surface area contributed by atoms with Gasteiger partial charge in [0, 0.05) is 33.4 Å². The first-order valence-electron chi connectivity index (χ1n) is 17.9. The number of hydrogen-bond acceptors (Lipinski definition) is 6. The number of imidazole rings is 3. The Morgan fingerprint density at radius 2 is 0.648 bits per heavy atom. The highest BCUT2D eigenvalue weighted by molar-refractivity contribution is 5.94. The van der Waals surface area contributed by atoms with Crippen LogP contribution in [0, 0.1) is 20.8 Å². The van der Waals surface area contributed by atoms with Crippen molar-refractivity contribution in [1.29, 1.82) is 0 Å². The Morgan fingerprint density at radius 1 is 0.315 bits per heavy atom. The summed E-state index contributed by atoms with van der Waals surface area (Å²) in [5, 5.41) is 0. The van der Waals surface area contributed by atoms with Crippen LogP contribution in [0.4, 0.5) is 0 Å². The lowest BCUT2D eigenvalue weighted by Gasteiger charge is -2.10. The number of H-pyrrole nitrogens is 3. The molecule has 0 bridgehead atoms. The zero-order valence-corrected chi connectivity index (χ0v) is 29.8. The van der Waals surface area contributed by atoms with E-state index in [-0.39, 0.29) is 0 Å². The number of nitrogens with zero attached hydrogens (tertiary/aromatic N) is 6. The molecule has 0 fully saturated rings. The lowest BCUT2D eigenvalue weighted by molar-refractivity contribution is 1.25. The normalized spacial score (nSPS) is 11.6. The third kappa shape index (κ3) is 5.33. The molecule has 4 aromatic carbocycles. The van der Waals surface area contributed by atoms with Crippen LogP contribution in [0.1, 0.15) is 16.7 Å². The van der Waals surface area contributed by atoms with Gasteiger partial charge in [0.05, 0.1) is 33.6 Å². The van der Waals surface area contributed by atoms with Crippen LogP contribution >= 0.6 is 0 Å². The number of rotatable bonds is 6. The first-order chi connectivity index (χ1) is 26.5. The highest BCUT2D eigenvalue weighted by Crippen LogP contribution is 2.39. The number of hydrogen-bond donors (Lipinski definition) is 3. The zero-order valence-electron chi connectivity index (χ0n) is 29.8. The predicted octanol–water partition coefficient (Wildman–Crippen LogP) is 10.4. The summed E-state index contributed by atoms with van der Waals surface area (Å²) in [6, 6.07) is 43.1. The van der Waals surface area contributed by atoms with Gasteiger partial charge in [0.2, 0.25) is 0 Å². The van der Waals surface area contributed by atoms with E-state index in [2.05, 4.69) is 84.3 Å². The molecule has 9 nitrogen and oxygen atoms in total. The average Bonchev–Trinajstić information content (AvgIpc) is 3.94. The molecule has 10 rings (SSSR count). The highest BCUT2D eigenvalue weighted by atomic mass is 15.0. The molecule has 54 heavy (non-hydrogen) atoms. The fourth-order valence-corrected chi connectivity index (χ4v) is 7.28. The van der Waals surface area contributed by atoms with E-state index in [1.807, 2.05) is 78.9 Å². The molecule has 0 atom stereocenters. The van der Waals surface area contributed by atoms with E-state index in [0.717, 1.165) is 83.7 Å². The molecule has 0 saturated heterocycles. The SMILES string of the molecule is Cc1ccccc1-c1ccc2[nH]c(-c3cccc(-c4nc5nc(-c6ccccc6C)ccc5[nH]4)c3-c3nc4nc(-c5ccccc5C)ccc4[nH]3)nc2n1. The van der Waals surface area contributed by atoms with Crippen molar-refractivity contribution in [3.63, 3.8) is 0 Å². The highest BCUT2D eigenvalue weighted by Gasteiger charge is 2.23.